The summed E-state index contributed by atoms with van der Waals surface area (Å²) in [6, 6.07) is 0. The summed E-state index contributed by atoms with van der Waals surface area (Å²) in [4.78, 5) is 14.3. The Bertz CT molecular complexity index is 300. The van der Waals surface area contributed by atoms with Gasteiger partial charge in [0.1, 0.15) is 10.6 Å². The average molecular weight is 207 g/mol. The molecule has 6 heteroatoms. The summed E-state index contributed by atoms with van der Waals surface area (Å²) in [5, 5.41) is 0. The molecule has 0 fully saturated rings. The molecular weight excluding hydrogens is 200 g/mol. The number of hydrogen-bond donors (Lipinski definition) is 0. The second kappa shape index (κ2) is 4.27. The fraction of sp³-hybridized carbons (Fsp3) is 0.429. The van der Waals surface area contributed by atoms with Crippen LogP contribution < -0.4 is 0 Å². The lowest BCUT2D eigenvalue weighted by molar-refractivity contribution is 0.0521. The van der Waals surface area contributed by atoms with Crippen molar-refractivity contribution >= 4 is 17.3 Å². The molecule has 0 atom stereocenters. The number of nitrogens with zero attached hydrogens (tertiary/aromatic N) is 1. The van der Waals surface area contributed by atoms with Gasteiger partial charge in [-0.1, -0.05) is 0 Å². The second-order valence-electron chi connectivity index (χ2n) is 2.09. The van der Waals surface area contributed by atoms with Crippen LogP contribution in [0.2, 0.25) is 0 Å². The standard InChI is InChI=1S/C7H7F2NO2S/c1-2-12-7(11)5-4(6(8)9)10-3-13-5/h3,6H,2H2,1H3. The van der Waals surface area contributed by atoms with Gasteiger partial charge >= 0.3 is 5.97 Å². The highest BCUT2D eigenvalue weighted by atomic mass is 32.1. The first-order chi connectivity index (χ1) is 6.16. The molecular formula is C7H7F2NO2S. The Balaban J connectivity index is 2.87. The van der Waals surface area contributed by atoms with Gasteiger partial charge in [0.05, 0.1) is 12.1 Å². The second-order valence-corrected chi connectivity index (χ2v) is 2.94. The summed E-state index contributed by atoms with van der Waals surface area (Å²) >= 11 is 0.860. The van der Waals surface area contributed by atoms with Gasteiger partial charge in [0, 0.05) is 0 Å². The molecule has 0 aromatic carbocycles. The van der Waals surface area contributed by atoms with E-state index in [0.29, 0.717) is 0 Å². The zero-order chi connectivity index (χ0) is 9.84. The van der Waals surface area contributed by atoms with E-state index < -0.39 is 18.1 Å². The predicted molar refractivity (Wildman–Crippen MR) is 43.0 cm³/mol. The van der Waals surface area contributed by atoms with E-state index in [1.807, 2.05) is 0 Å². The van der Waals surface area contributed by atoms with E-state index in [0.717, 1.165) is 11.3 Å². The minimum absolute atomic E-state index is 0.114. The third-order valence-electron chi connectivity index (χ3n) is 1.26. The monoisotopic (exact) mass is 207 g/mol. The Morgan fingerprint density at radius 2 is 2.46 bits per heavy atom. The predicted octanol–water partition coefficient (Wildman–Crippen LogP) is 2.26. The van der Waals surface area contributed by atoms with Gasteiger partial charge in [-0.3, -0.25) is 0 Å². The number of rotatable bonds is 3. The number of ether oxygens (including phenoxy) is 1. The molecule has 0 aliphatic carbocycles. The van der Waals surface area contributed by atoms with Crippen LogP contribution in [-0.2, 0) is 4.74 Å². The number of alkyl halides is 2. The normalized spacial score (nSPS) is 10.5. The Labute approximate surface area is 77.4 Å². The van der Waals surface area contributed by atoms with Gasteiger partial charge in [0.15, 0.2) is 0 Å². The topological polar surface area (TPSA) is 39.2 Å². The summed E-state index contributed by atoms with van der Waals surface area (Å²) in [5.41, 5.74) is 0.705. The molecule has 0 saturated heterocycles. The molecule has 0 unspecified atom stereocenters. The highest BCUT2D eigenvalue weighted by Crippen LogP contribution is 2.24. The first kappa shape index (κ1) is 10.0. The number of hydrogen-bond acceptors (Lipinski definition) is 4. The number of esters is 1. The zero-order valence-corrected chi connectivity index (χ0v) is 7.61. The van der Waals surface area contributed by atoms with Crippen LogP contribution in [0, 0.1) is 0 Å². The number of carbonyl (C=O) groups is 1. The Morgan fingerprint density at radius 1 is 1.77 bits per heavy atom. The van der Waals surface area contributed by atoms with Crippen LogP contribution >= 0.6 is 11.3 Å². The van der Waals surface area contributed by atoms with Crippen molar-refractivity contribution in [3.63, 3.8) is 0 Å². The van der Waals surface area contributed by atoms with E-state index in [4.69, 9.17) is 0 Å². The summed E-state index contributed by atoms with van der Waals surface area (Å²) in [5.74, 6) is -0.736. The fourth-order valence-corrected chi connectivity index (χ4v) is 1.45. The maximum Gasteiger partial charge on any atom is 0.350 e. The highest BCUT2D eigenvalue weighted by Gasteiger charge is 2.22. The van der Waals surface area contributed by atoms with Crippen LogP contribution in [0.15, 0.2) is 5.51 Å². The minimum Gasteiger partial charge on any atom is -0.462 e. The molecule has 1 heterocycles. The van der Waals surface area contributed by atoms with Crippen molar-refractivity contribution in [3.8, 4) is 0 Å². The number of thiazole rings is 1. The van der Waals surface area contributed by atoms with Gasteiger partial charge < -0.3 is 4.74 Å². The number of aromatic nitrogens is 1. The first-order valence-electron chi connectivity index (χ1n) is 3.55. The Hall–Kier alpha value is -1.04. The van der Waals surface area contributed by atoms with Gasteiger partial charge in [-0.25, -0.2) is 18.6 Å². The number of halogens is 2. The molecule has 0 bridgehead atoms. The van der Waals surface area contributed by atoms with Crippen molar-refractivity contribution in [2.75, 3.05) is 6.61 Å². The van der Waals surface area contributed by atoms with Crippen molar-refractivity contribution in [3.05, 3.63) is 16.1 Å². The van der Waals surface area contributed by atoms with E-state index >= 15 is 0 Å². The molecule has 1 aromatic heterocycles. The van der Waals surface area contributed by atoms with Gasteiger partial charge in [-0.05, 0) is 6.92 Å². The third kappa shape index (κ3) is 2.21. The van der Waals surface area contributed by atoms with Crippen LogP contribution in [0.25, 0.3) is 0 Å². The SMILES string of the molecule is CCOC(=O)c1scnc1C(F)F. The van der Waals surface area contributed by atoms with E-state index in [9.17, 15) is 13.6 Å². The zero-order valence-electron chi connectivity index (χ0n) is 6.79. The molecule has 13 heavy (non-hydrogen) atoms. The molecule has 72 valence electrons. The maximum atomic E-state index is 12.2. The van der Waals surface area contributed by atoms with Gasteiger partial charge in [0.25, 0.3) is 6.43 Å². The van der Waals surface area contributed by atoms with Gasteiger partial charge in [-0.15, -0.1) is 11.3 Å². The molecule has 0 saturated carbocycles. The molecule has 0 aliphatic rings. The lowest BCUT2D eigenvalue weighted by Crippen LogP contribution is -2.05. The van der Waals surface area contributed by atoms with Crippen LogP contribution in [0.1, 0.15) is 28.7 Å². The van der Waals surface area contributed by atoms with E-state index in [2.05, 4.69) is 9.72 Å². The quantitative estimate of drug-likeness (QED) is 0.713. The molecule has 1 aromatic rings. The summed E-state index contributed by atoms with van der Waals surface area (Å²) < 4.78 is 29.0. The molecule has 0 amide bonds. The fourth-order valence-electron chi connectivity index (χ4n) is 0.760. The lowest BCUT2D eigenvalue weighted by Gasteiger charge is -2.00. The van der Waals surface area contributed by atoms with Gasteiger partial charge in [-0.2, -0.15) is 0 Å². The molecule has 1 rings (SSSR count). The lowest BCUT2D eigenvalue weighted by atomic mass is 10.4. The van der Waals surface area contributed by atoms with Crippen molar-refractivity contribution in [2.24, 2.45) is 0 Å². The van der Waals surface area contributed by atoms with Crippen molar-refractivity contribution < 1.29 is 18.3 Å². The Kier molecular flexibility index (Phi) is 3.30. The van der Waals surface area contributed by atoms with Crippen LogP contribution in [0.4, 0.5) is 8.78 Å². The average Bonchev–Trinajstić information content (AvgIpc) is 2.52. The molecule has 3 nitrogen and oxygen atoms in total. The van der Waals surface area contributed by atoms with Crippen LogP contribution in [0.5, 0.6) is 0 Å². The van der Waals surface area contributed by atoms with E-state index in [-0.39, 0.29) is 11.5 Å². The molecule has 0 aliphatic heterocycles. The third-order valence-corrected chi connectivity index (χ3v) is 2.08. The van der Waals surface area contributed by atoms with Crippen molar-refractivity contribution in [1.29, 1.82) is 0 Å². The smallest absolute Gasteiger partial charge is 0.350 e. The summed E-state index contributed by atoms with van der Waals surface area (Å²) in [6.07, 6.45) is -2.73. The largest absolute Gasteiger partial charge is 0.462 e. The van der Waals surface area contributed by atoms with Crippen molar-refractivity contribution in [1.82, 2.24) is 4.98 Å². The number of carbonyl (C=O) groups excluding carboxylic acids is 1. The maximum absolute atomic E-state index is 12.2. The van der Waals surface area contributed by atoms with E-state index in [1.54, 1.807) is 6.92 Å². The summed E-state index contributed by atoms with van der Waals surface area (Å²) in [7, 11) is 0. The van der Waals surface area contributed by atoms with Gasteiger partial charge in [0.2, 0.25) is 0 Å². The molecule has 0 radical (unpaired) electrons. The first-order valence-corrected chi connectivity index (χ1v) is 4.43. The van der Waals surface area contributed by atoms with Crippen LogP contribution in [-0.4, -0.2) is 17.6 Å². The van der Waals surface area contributed by atoms with Crippen LogP contribution in [0.3, 0.4) is 0 Å². The minimum atomic E-state index is -2.73. The van der Waals surface area contributed by atoms with Crippen molar-refractivity contribution in [2.45, 2.75) is 13.3 Å². The van der Waals surface area contributed by atoms with E-state index in [1.165, 1.54) is 5.51 Å². The molecule has 0 spiro atoms. The highest BCUT2D eigenvalue weighted by molar-refractivity contribution is 7.11. The summed E-state index contributed by atoms with van der Waals surface area (Å²) in [6.45, 7) is 1.78. The Morgan fingerprint density at radius 3 is 3.00 bits per heavy atom. The molecule has 0 N–H and O–H groups in total.